The van der Waals surface area contributed by atoms with Crippen molar-refractivity contribution in [2.75, 3.05) is 26.2 Å². The molecule has 1 aromatic carbocycles. The predicted molar refractivity (Wildman–Crippen MR) is 93.4 cm³/mol. The maximum absolute atomic E-state index is 13.0. The zero-order chi connectivity index (χ0) is 18.2. The zero-order valence-corrected chi connectivity index (χ0v) is 15.0. The predicted octanol–water partition coefficient (Wildman–Crippen LogP) is 2.67. The zero-order valence-electron chi connectivity index (χ0n) is 15.0. The van der Waals surface area contributed by atoms with Crippen molar-refractivity contribution < 1.29 is 18.7 Å². The number of halogens is 1. The molecule has 1 amide bonds. The molecular weight excluding hydrogens is 323 g/mol. The second kappa shape index (κ2) is 9.51. The minimum absolute atomic E-state index is 0.0960. The van der Waals surface area contributed by atoms with Gasteiger partial charge in [0, 0.05) is 13.1 Å². The van der Waals surface area contributed by atoms with Crippen LogP contribution in [-0.4, -0.2) is 43.0 Å². The monoisotopic (exact) mass is 350 g/mol. The summed E-state index contributed by atoms with van der Waals surface area (Å²) in [6.45, 7) is 5.63. The minimum Gasteiger partial charge on any atom is -0.466 e. The molecule has 0 bridgehead atoms. The van der Waals surface area contributed by atoms with E-state index in [0.717, 1.165) is 12.1 Å². The lowest BCUT2D eigenvalue weighted by Crippen LogP contribution is -2.40. The largest absolute Gasteiger partial charge is 0.466 e. The van der Waals surface area contributed by atoms with Crippen LogP contribution >= 0.6 is 0 Å². The number of esters is 1. The van der Waals surface area contributed by atoms with Crippen molar-refractivity contribution >= 4 is 11.9 Å². The topological polar surface area (TPSA) is 58.6 Å². The van der Waals surface area contributed by atoms with Crippen LogP contribution in [0, 0.1) is 11.7 Å². The molecule has 0 radical (unpaired) electrons. The number of ether oxygens (including phenoxy) is 1. The molecule has 2 rings (SSSR count). The van der Waals surface area contributed by atoms with E-state index in [2.05, 4.69) is 5.32 Å². The lowest BCUT2D eigenvalue weighted by Gasteiger charge is -2.23. The average Bonchev–Trinajstić information content (AvgIpc) is 3.37. The van der Waals surface area contributed by atoms with Gasteiger partial charge >= 0.3 is 5.97 Å². The molecule has 1 fully saturated rings. The van der Waals surface area contributed by atoms with Crippen LogP contribution in [0.4, 0.5) is 4.39 Å². The molecule has 0 spiro atoms. The molecular formula is C19H27FN2O3. The van der Waals surface area contributed by atoms with Gasteiger partial charge in [-0.1, -0.05) is 12.1 Å². The van der Waals surface area contributed by atoms with Crippen LogP contribution in [0.25, 0.3) is 0 Å². The fourth-order valence-corrected chi connectivity index (χ4v) is 2.71. The molecule has 1 N–H and O–H groups in total. The standard InChI is InChI=1S/C19H27FN2O3/c1-3-25-19(24)10-11-22(12-15-4-5-15)13-18(23)21-14(2)16-6-8-17(20)9-7-16/h6-9,14-15H,3-5,10-13H2,1-2H3,(H,21,23). The van der Waals surface area contributed by atoms with E-state index in [1.165, 1.54) is 25.0 Å². The third-order valence-electron chi connectivity index (χ3n) is 4.27. The highest BCUT2D eigenvalue weighted by atomic mass is 19.1. The Kier molecular flexibility index (Phi) is 7.37. The molecule has 138 valence electrons. The SMILES string of the molecule is CCOC(=O)CCN(CC(=O)NC(C)c1ccc(F)cc1)CC1CC1. The number of hydrogen-bond acceptors (Lipinski definition) is 4. The number of nitrogens with one attached hydrogen (secondary N) is 1. The van der Waals surface area contributed by atoms with E-state index in [1.54, 1.807) is 19.1 Å². The first-order valence-corrected chi connectivity index (χ1v) is 8.90. The van der Waals surface area contributed by atoms with Gasteiger partial charge in [0.1, 0.15) is 5.82 Å². The summed E-state index contributed by atoms with van der Waals surface area (Å²) in [6.07, 6.45) is 2.66. The van der Waals surface area contributed by atoms with Crippen molar-refractivity contribution in [3.63, 3.8) is 0 Å². The Bertz CT molecular complexity index is 573. The molecule has 6 heteroatoms. The molecule has 1 aromatic rings. The van der Waals surface area contributed by atoms with Gasteiger partial charge in [-0.2, -0.15) is 0 Å². The fraction of sp³-hybridized carbons (Fsp3) is 0.579. The van der Waals surface area contributed by atoms with Gasteiger partial charge in [0.25, 0.3) is 0 Å². The molecule has 0 aromatic heterocycles. The Morgan fingerprint density at radius 3 is 2.60 bits per heavy atom. The number of rotatable bonds is 10. The van der Waals surface area contributed by atoms with Gasteiger partial charge in [0.05, 0.1) is 25.6 Å². The van der Waals surface area contributed by atoms with E-state index < -0.39 is 0 Å². The lowest BCUT2D eigenvalue weighted by molar-refractivity contribution is -0.143. The minimum atomic E-state index is -0.295. The molecule has 1 aliphatic rings. The van der Waals surface area contributed by atoms with Gasteiger partial charge < -0.3 is 10.1 Å². The Balaban J connectivity index is 1.82. The van der Waals surface area contributed by atoms with Crippen LogP contribution in [0.3, 0.4) is 0 Å². The molecule has 0 heterocycles. The van der Waals surface area contributed by atoms with Crippen LogP contribution in [0.15, 0.2) is 24.3 Å². The number of nitrogens with zero attached hydrogens (tertiary/aromatic N) is 1. The molecule has 5 nitrogen and oxygen atoms in total. The smallest absolute Gasteiger partial charge is 0.307 e. The van der Waals surface area contributed by atoms with Crippen molar-refractivity contribution in [3.8, 4) is 0 Å². The molecule has 0 aliphatic heterocycles. The van der Waals surface area contributed by atoms with E-state index in [1.807, 2.05) is 11.8 Å². The third-order valence-corrected chi connectivity index (χ3v) is 4.27. The van der Waals surface area contributed by atoms with E-state index >= 15 is 0 Å². The number of carbonyl (C=O) groups is 2. The van der Waals surface area contributed by atoms with Gasteiger partial charge in [-0.25, -0.2) is 4.39 Å². The van der Waals surface area contributed by atoms with Crippen molar-refractivity contribution in [1.29, 1.82) is 0 Å². The number of benzene rings is 1. The molecule has 1 unspecified atom stereocenters. The number of carbonyl (C=O) groups excluding carboxylic acids is 2. The summed E-state index contributed by atoms with van der Waals surface area (Å²) < 4.78 is 17.9. The summed E-state index contributed by atoms with van der Waals surface area (Å²) in [5.41, 5.74) is 0.856. The Morgan fingerprint density at radius 1 is 1.32 bits per heavy atom. The molecule has 1 atom stereocenters. The van der Waals surface area contributed by atoms with E-state index in [9.17, 15) is 14.0 Å². The van der Waals surface area contributed by atoms with E-state index in [0.29, 0.717) is 25.5 Å². The van der Waals surface area contributed by atoms with E-state index in [-0.39, 0.29) is 30.3 Å². The molecule has 1 saturated carbocycles. The van der Waals surface area contributed by atoms with Crippen LogP contribution in [0.5, 0.6) is 0 Å². The van der Waals surface area contributed by atoms with Crippen LogP contribution in [0.2, 0.25) is 0 Å². The summed E-state index contributed by atoms with van der Waals surface area (Å²) in [6, 6.07) is 5.92. The van der Waals surface area contributed by atoms with Crippen LogP contribution in [0.1, 0.15) is 44.7 Å². The first-order chi connectivity index (χ1) is 12.0. The Labute approximate surface area is 148 Å². The molecule has 1 aliphatic carbocycles. The summed E-state index contributed by atoms with van der Waals surface area (Å²) in [5.74, 6) is 0.00564. The highest BCUT2D eigenvalue weighted by Crippen LogP contribution is 2.29. The number of hydrogen-bond donors (Lipinski definition) is 1. The van der Waals surface area contributed by atoms with Crippen molar-refractivity contribution in [2.24, 2.45) is 5.92 Å². The van der Waals surface area contributed by atoms with Gasteiger partial charge in [-0.05, 0) is 50.3 Å². The summed E-state index contributed by atoms with van der Waals surface area (Å²) in [4.78, 5) is 25.9. The Hall–Kier alpha value is -1.95. The van der Waals surface area contributed by atoms with Crippen molar-refractivity contribution in [1.82, 2.24) is 10.2 Å². The molecule has 0 saturated heterocycles. The van der Waals surface area contributed by atoms with Crippen LogP contribution < -0.4 is 5.32 Å². The van der Waals surface area contributed by atoms with Crippen LogP contribution in [-0.2, 0) is 14.3 Å². The Morgan fingerprint density at radius 2 is 2.00 bits per heavy atom. The summed E-state index contributed by atoms with van der Waals surface area (Å²) in [5, 5.41) is 2.93. The maximum Gasteiger partial charge on any atom is 0.307 e. The molecule has 25 heavy (non-hydrogen) atoms. The fourth-order valence-electron chi connectivity index (χ4n) is 2.71. The second-order valence-corrected chi connectivity index (χ2v) is 6.57. The van der Waals surface area contributed by atoms with Gasteiger partial charge in [-0.15, -0.1) is 0 Å². The lowest BCUT2D eigenvalue weighted by atomic mass is 10.1. The first-order valence-electron chi connectivity index (χ1n) is 8.90. The average molecular weight is 350 g/mol. The van der Waals surface area contributed by atoms with Gasteiger partial charge in [0.2, 0.25) is 5.91 Å². The maximum atomic E-state index is 13.0. The van der Waals surface area contributed by atoms with Crippen molar-refractivity contribution in [3.05, 3.63) is 35.6 Å². The first kappa shape index (κ1) is 19.4. The van der Waals surface area contributed by atoms with E-state index in [4.69, 9.17) is 4.74 Å². The summed E-state index contributed by atoms with van der Waals surface area (Å²) in [7, 11) is 0. The highest BCUT2D eigenvalue weighted by molar-refractivity contribution is 5.78. The van der Waals surface area contributed by atoms with Gasteiger partial charge in [-0.3, -0.25) is 14.5 Å². The quantitative estimate of drug-likeness (QED) is 0.659. The van der Waals surface area contributed by atoms with Crippen molar-refractivity contribution in [2.45, 2.75) is 39.2 Å². The summed E-state index contributed by atoms with van der Waals surface area (Å²) >= 11 is 0. The normalized spacial score (nSPS) is 15.0. The number of amides is 1. The second-order valence-electron chi connectivity index (χ2n) is 6.57. The third kappa shape index (κ3) is 7.22. The van der Waals surface area contributed by atoms with Gasteiger partial charge in [0.15, 0.2) is 0 Å². The highest BCUT2D eigenvalue weighted by Gasteiger charge is 2.26.